The minimum Gasteiger partial charge on any atom is -0.369 e. The largest absolute Gasteiger partial charge is 0.369 e. The van der Waals surface area contributed by atoms with Crippen LogP contribution in [0.1, 0.15) is 11.1 Å². The van der Waals surface area contributed by atoms with E-state index in [-0.39, 0.29) is 0 Å². The van der Waals surface area contributed by atoms with Gasteiger partial charge in [0.25, 0.3) is 0 Å². The Labute approximate surface area is 144 Å². The molecular weight excluding hydrogens is 329 g/mol. The van der Waals surface area contributed by atoms with Crippen LogP contribution < -0.4 is 5.32 Å². The van der Waals surface area contributed by atoms with Crippen molar-refractivity contribution < 1.29 is 0 Å². The van der Waals surface area contributed by atoms with Gasteiger partial charge in [0.05, 0.1) is 16.4 Å². The maximum absolute atomic E-state index is 6.37. The molecule has 1 N–H and O–H groups in total. The fourth-order valence-corrected chi connectivity index (χ4v) is 3.43. The number of hydrogen-bond donors (Lipinski definition) is 1. The van der Waals surface area contributed by atoms with Crippen molar-refractivity contribution in [2.45, 2.75) is 13.3 Å². The summed E-state index contributed by atoms with van der Waals surface area (Å²) in [7, 11) is 0. The van der Waals surface area contributed by atoms with Crippen molar-refractivity contribution in [3.05, 3.63) is 63.6 Å². The van der Waals surface area contributed by atoms with E-state index in [1.165, 1.54) is 11.1 Å². The lowest BCUT2D eigenvalue weighted by molar-refractivity contribution is 0.882. The van der Waals surface area contributed by atoms with Gasteiger partial charge in [-0.05, 0) is 31.5 Å². The normalized spacial score (nSPS) is 13.0. The summed E-state index contributed by atoms with van der Waals surface area (Å²) in [4.78, 5) is 0. The topological polar surface area (TPSA) is 29.9 Å². The zero-order valence-electron chi connectivity index (χ0n) is 12.6. The van der Waals surface area contributed by atoms with Gasteiger partial charge in [0.15, 0.2) is 0 Å². The summed E-state index contributed by atoms with van der Waals surface area (Å²) in [5.41, 5.74) is 5.44. The Hall–Kier alpha value is -1.97. The first-order valence-electron chi connectivity index (χ1n) is 7.52. The van der Waals surface area contributed by atoms with E-state index < -0.39 is 0 Å². The van der Waals surface area contributed by atoms with Crippen LogP contribution in [0.4, 0.5) is 5.82 Å². The smallest absolute Gasteiger partial charge is 0.133 e. The summed E-state index contributed by atoms with van der Waals surface area (Å²) in [6, 6.07) is 13.9. The molecule has 116 valence electrons. The highest BCUT2D eigenvalue weighted by Gasteiger charge is 2.24. The molecule has 2 heterocycles. The van der Waals surface area contributed by atoms with Crippen LogP contribution in [0.25, 0.3) is 16.9 Å². The standard InChI is InChI=1S/C18H15Cl2N3/c1-11-2-4-12(5-3-11)17-14-8-9-21-18(14)23(22-17)16-7-6-13(19)10-15(16)20/h2-7,10,21H,8-9H2,1H3. The molecule has 0 aliphatic carbocycles. The van der Waals surface area contributed by atoms with Crippen LogP contribution in [0.5, 0.6) is 0 Å². The number of hydrogen-bond acceptors (Lipinski definition) is 2. The van der Waals surface area contributed by atoms with Crippen LogP contribution >= 0.6 is 23.2 Å². The van der Waals surface area contributed by atoms with Crippen molar-refractivity contribution in [2.75, 3.05) is 11.9 Å². The van der Waals surface area contributed by atoms with Crippen LogP contribution in [0.3, 0.4) is 0 Å². The second-order valence-corrected chi connectivity index (χ2v) is 6.57. The third-order valence-electron chi connectivity index (χ3n) is 4.11. The molecule has 0 unspecified atom stereocenters. The van der Waals surface area contributed by atoms with E-state index in [4.69, 9.17) is 28.3 Å². The number of aromatic nitrogens is 2. The molecule has 0 spiro atoms. The fraction of sp³-hybridized carbons (Fsp3) is 0.167. The van der Waals surface area contributed by atoms with Gasteiger partial charge >= 0.3 is 0 Å². The number of nitrogens with one attached hydrogen (secondary N) is 1. The van der Waals surface area contributed by atoms with Crippen molar-refractivity contribution >= 4 is 29.0 Å². The van der Waals surface area contributed by atoms with Gasteiger partial charge < -0.3 is 5.32 Å². The van der Waals surface area contributed by atoms with Gasteiger partial charge in [0.2, 0.25) is 0 Å². The molecule has 4 rings (SSSR count). The molecule has 3 aromatic rings. The second kappa shape index (κ2) is 5.59. The van der Waals surface area contributed by atoms with Crippen LogP contribution in [0.15, 0.2) is 42.5 Å². The molecule has 0 amide bonds. The molecule has 1 aromatic heterocycles. The zero-order valence-corrected chi connectivity index (χ0v) is 14.1. The molecule has 0 saturated carbocycles. The Balaban J connectivity index is 1.89. The van der Waals surface area contributed by atoms with Crippen LogP contribution in [0.2, 0.25) is 10.0 Å². The van der Waals surface area contributed by atoms with E-state index in [1.54, 1.807) is 6.07 Å². The lowest BCUT2D eigenvalue weighted by Gasteiger charge is -2.08. The first-order chi connectivity index (χ1) is 11.1. The van der Waals surface area contributed by atoms with E-state index in [0.29, 0.717) is 10.0 Å². The molecule has 0 saturated heterocycles. The summed E-state index contributed by atoms with van der Waals surface area (Å²) >= 11 is 12.4. The first kappa shape index (κ1) is 14.6. The molecule has 5 heteroatoms. The maximum Gasteiger partial charge on any atom is 0.133 e. The van der Waals surface area contributed by atoms with Gasteiger partial charge in [-0.2, -0.15) is 5.10 Å². The highest BCUT2D eigenvalue weighted by Crippen LogP contribution is 2.36. The van der Waals surface area contributed by atoms with Crippen molar-refractivity contribution in [3.63, 3.8) is 0 Å². The number of rotatable bonds is 2. The third kappa shape index (κ3) is 2.50. The summed E-state index contributed by atoms with van der Waals surface area (Å²) in [5.74, 6) is 1.02. The minimum absolute atomic E-state index is 0.590. The molecular formula is C18H15Cl2N3. The number of benzene rings is 2. The molecule has 0 radical (unpaired) electrons. The molecule has 1 aliphatic heterocycles. The van der Waals surface area contributed by atoms with Crippen LogP contribution in [-0.4, -0.2) is 16.3 Å². The SMILES string of the molecule is Cc1ccc(-c2nn(-c3ccc(Cl)cc3Cl)c3c2CCN3)cc1. The second-order valence-electron chi connectivity index (χ2n) is 5.73. The minimum atomic E-state index is 0.590. The molecule has 2 aromatic carbocycles. The lowest BCUT2D eigenvalue weighted by atomic mass is 10.1. The monoisotopic (exact) mass is 343 g/mol. The average molecular weight is 344 g/mol. The molecule has 23 heavy (non-hydrogen) atoms. The van der Waals surface area contributed by atoms with Gasteiger partial charge in [-0.15, -0.1) is 0 Å². The van der Waals surface area contributed by atoms with Gasteiger partial charge in [0.1, 0.15) is 5.82 Å². The summed E-state index contributed by atoms with van der Waals surface area (Å²) in [6.07, 6.45) is 0.962. The Kier molecular flexibility index (Phi) is 3.55. The molecule has 1 aliphatic rings. The van der Waals surface area contributed by atoms with Crippen molar-refractivity contribution in [1.29, 1.82) is 0 Å². The van der Waals surface area contributed by atoms with Crippen molar-refractivity contribution in [1.82, 2.24) is 9.78 Å². The maximum atomic E-state index is 6.37. The van der Waals surface area contributed by atoms with E-state index in [9.17, 15) is 0 Å². The highest BCUT2D eigenvalue weighted by molar-refractivity contribution is 6.35. The van der Waals surface area contributed by atoms with E-state index in [1.807, 2.05) is 16.8 Å². The first-order valence-corrected chi connectivity index (χ1v) is 8.27. The predicted octanol–water partition coefficient (Wildman–Crippen LogP) is 5.12. The predicted molar refractivity (Wildman–Crippen MR) is 96.0 cm³/mol. The lowest BCUT2D eigenvalue weighted by Crippen LogP contribution is -2.04. The van der Waals surface area contributed by atoms with Gasteiger partial charge in [-0.3, -0.25) is 0 Å². The number of aryl methyl sites for hydroxylation is 1. The number of halogens is 2. The number of nitrogens with zero attached hydrogens (tertiary/aromatic N) is 2. The molecule has 0 fully saturated rings. The van der Waals surface area contributed by atoms with Crippen LogP contribution in [-0.2, 0) is 6.42 Å². The third-order valence-corrected chi connectivity index (χ3v) is 4.65. The van der Waals surface area contributed by atoms with Gasteiger partial charge in [-0.1, -0.05) is 53.0 Å². The number of anilines is 1. The zero-order chi connectivity index (χ0) is 16.0. The average Bonchev–Trinajstić information content (AvgIpc) is 3.11. The molecule has 3 nitrogen and oxygen atoms in total. The van der Waals surface area contributed by atoms with Crippen molar-refractivity contribution in [3.8, 4) is 16.9 Å². The van der Waals surface area contributed by atoms with E-state index >= 15 is 0 Å². The Bertz CT molecular complexity index is 882. The highest BCUT2D eigenvalue weighted by atomic mass is 35.5. The Morgan fingerprint density at radius 1 is 1.09 bits per heavy atom. The summed E-state index contributed by atoms with van der Waals surface area (Å²) in [6.45, 7) is 3.00. The van der Waals surface area contributed by atoms with E-state index in [2.05, 4.69) is 36.5 Å². The fourth-order valence-electron chi connectivity index (χ4n) is 2.95. The molecule has 0 atom stereocenters. The quantitative estimate of drug-likeness (QED) is 0.699. The van der Waals surface area contributed by atoms with Crippen molar-refractivity contribution in [2.24, 2.45) is 0 Å². The molecule has 0 bridgehead atoms. The Morgan fingerprint density at radius 2 is 1.87 bits per heavy atom. The van der Waals surface area contributed by atoms with E-state index in [0.717, 1.165) is 35.7 Å². The van der Waals surface area contributed by atoms with Gasteiger partial charge in [0, 0.05) is 22.7 Å². The summed E-state index contributed by atoms with van der Waals surface area (Å²) in [5, 5.41) is 9.45. The number of fused-ring (bicyclic) bond motifs is 1. The van der Waals surface area contributed by atoms with Crippen LogP contribution in [0, 0.1) is 6.92 Å². The Morgan fingerprint density at radius 3 is 2.61 bits per heavy atom. The van der Waals surface area contributed by atoms with Gasteiger partial charge in [-0.25, -0.2) is 4.68 Å². The summed E-state index contributed by atoms with van der Waals surface area (Å²) < 4.78 is 1.89.